The van der Waals surface area contributed by atoms with Crippen molar-refractivity contribution in [2.45, 2.75) is 19.8 Å². The van der Waals surface area contributed by atoms with Crippen LogP contribution in [-0.2, 0) is 0 Å². The van der Waals surface area contributed by atoms with Crippen LogP contribution in [-0.4, -0.2) is 16.9 Å². The molecule has 15 heavy (non-hydrogen) atoms. The maximum atomic E-state index is 11.6. The van der Waals surface area contributed by atoms with Gasteiger partial charge in [-0.05, 0) is 51.8 Å². The molecule has 0 saturated carbocycles. The number of carbonyl (C=O) groups is 1. The smallest absolute Gasteiger partial charge is 0.261 e. The fourth-order valence-corrected chi connectivity index (χ4v) is 3.07. The maximum absolute atomic E-state index is 11.6. The fourth-order valence-electron chi connectivity index (χ4n) is 1.08. The summed E-state index contributed by atoms with van der Waals surface area (Å²) in [7, 11) is 0. The molecule has 0 fully saturated rings. The standard InChI is InChI=1S/C10H13BrINOS/c1-7-6-8(15-9(7)11)10(14)13-5-3-2-4-12/h6H,2-5H2,1H3,(H,13,14). The Balaban J connectivity index is 2.40. The van der Waals surface area contributed by atoms with E-state index in [2.05, 4.69) is 43.8 Å². The number of nitrogens with one attached hydrogen (secondary N) is 1. The number of carbonyl (C=O) groups excluding carboxylic acids is 1. The quantitative estimate of drug-likeness (QED) is 0.454. The molecule has 0 radical (unpaired) electrons. The van der Waals surface area contributed by atoms with Gasteiger partial charge in [0.15, 0.2) is 0 Å². The highest BCUT2D eigenvalue weighted by atomic mass is 127. The number of thiophene rings is 1. The highest BCUT2D eigenvalue weighted by Gasteiger charge is 2.09. The second kappa shape index (κ2) is 6.85. The Bertz CT molecular complexity index is 321. The lowest BCUT2D eigenvalue weighted by atomic mass is 10.3. The summed E-state index contributed by atoms with van der Waals surface area (Å²) in [5.41, 5.74) is 1.12. The number of aryl methyl sites for hydroxylation is 1. The molecule has 5 heteroatoms. The lowest BCUT2D eigenvalue weighted by Crippen LogP contribution is -2.23. The molecular weight excluding hydrogens is 389 g/mol. The second-order valence-electron chi connectivity index (χ2n) is 3.22. The molecule has 0 aliphatic rings. The average molecular weight is 402 g/mol. The molecule has 1 aromatic rings. The van der Waals surface area contributed by atoms with Crippen LogP contribution in [0.5, 0.6) is 0 Å². The summed E-state index contributed by atoms with van der Waals surface area (Å²) in [4.78, 5) is 12.4. The van der Waals surface area contributed by atoms with Crippen LogP contribution in [0.4, 0.5) is 0 Å². The van der Waals surface area contributed by atoms with Crippen molar-refractivity contribution in [3.8, 4) is 0 Å². The lowest BCUT2D eigenvalue weighted by molar-refractivity contribution is 0.0957. The zero-order chi connectivity index (χ0) is 11.3. The van der Waals surface area contributed by atoms with E-state index >= 15 is 0 Å². The van der Waals surface area contributed by atoms with E-state index in [9.17, 15) is 4.79 Å². The molecule has 1 amide bonds. The van der Waals surface area contributed by atoms with Crippen LogP contribution in [0.3, 0.4) is 0 Å². The first-order valence-corrected chi connectivity index (χ1v) is 7.88. The zero-order valence-electron chi connectivity index (χ0n) is 8.48. The van der Waals surface area contributed by atoms with Gasteiger partial charge in [0, 0.05) is 6.54 Å². The van der Waals surface area contributed by atoms with Crippen molar-refractivity contribution >= 4 is 55.8 Å². The molecule has 0 saturated heterocycles. The largest absolute Gasteiger partial charge is 0.351 e. The Morgan fingerprint density at radius 2 is 2.33 bits per heavy atom. The summed E-state index contributed by atoms with van der Waals surface area (Å²) in [5.74, 6) is 0.0438. The second-order valence-corrected chi connectivity index (χ2v) is 6.67. The summed E-state index contributed by atoms with van der Waals surface area (Å²) in [6.07, 6.45) is 2.22. The molecule has 1 heterocycles. The number of alkyl halides is 1. The molecule has 1 aromatic heterocycles. The monoisotopic (exact) mass is 401 g/mol. The highest BCUT2D eigenvalue weighted by molar-refractivity contribution is 14.1. The van der Waals surface area contributed by atoms with E-state index < -0.39 is 0 Å². The van der Waals surface area contributed by atoms with Crippen LogP contribution >= 0.6 is 49.9 Å². The third-order valence-corrected chi connectivity index (χ3v) is 4.83. The number of hydrogen-bond acceptors (Lipinski definition) is 2. The highest BCUT2D eigenvalue weighted by Crippen LogP contribution is 2.27. The molecule has 0 aliphatic carbocycles. The van der Waals surface area contributed by atoms with Crippen molar-refractivity contribution < 1.29 is 4.79 Å². The topological polar surface area (TPSA) is 29.1 Å². The van der Waals surface area contributed by atoms with Gasteiger partial charge in [-0.25, -0.2) is 0 Å². The predicted octanol–water partition coefficient (Wildman–Crippen LogP) is 3.76. The third kappa shape index (κ3) is 4.40. The minimum atomic E-state index is 0.0438. The molecule has 1 rings (SSSR count). The van der Waals surface area contributed by atoms with Crippen molar-refractivity contribution in [1.82, 2.24) is 5.32 Å². The molecule has 0 unspecified atom stereocenters. The van der Waals surface area contributed by atoms with Gasteiger partial charge in [0.05, 0.1) is 8.66 Å². The number of amides is 1. The Kier molecular flexibility index (Phi) is 6.14. The van der Waals surface area contributed by atoms with Gasteiger partial charge in [-0.3, -0.25) is 4.79 Å². The van der Waals surface area contributed by atoms with E-state index in [1.807, 2.05) is 13.0 Å². The Morgan fingerprint density at radius 1 is 1.60 bits per heavy atom. The van der Waals surface area contributed by atoms with E-state index in [0.29, 0.717) is 0 Å². The summed E-state index contributed by atoms with van der Waals surface area (Å²) in [6, 6.07) is 1.92. The molecule has 84 valence electrons. The SMILES string of the molecule is Cc1cc(C(=O)NCCCCI)sc1Br. The molecular formula is C10H13BrINOS. The van der Waals surface area contributed by atoms with Crippen molar-refractivity contribution in [3.63, 3.8) is 0 Å². The van der Waals surface area contributed by atoms with Gasteiger partial charge in [0.1, 0.15) is 0 Å². The van der Waals surface area contributed by atoms with Crippen molar-refractivity contribution in [2.75, 3.05) is 11.0 Å². The van der Waals surface area contributed by atoms with Crippen LogP contribution in [0.25, 0.3) is 0 Å². The first-order chi connectivity index (χ1) is 7.15. The van der Waals surface area contributed by atoms with Gasteiger partial charge in [-0.1, -0.05) is 22.6 Å². The third-order valence-electron chi connectivity index (χ3n) is 1.93. The Morgan fingerprint density at radius 3 is 2.87 bits per heavy atom. The van der Waals surface area contributed by atoms with Gasteiger partial charge < -0.3 is 5.32 Å². The van der Waals surface area contributed by atoms with Crippen LogP contribution in [0.15, 0.2) is 9.85 Å². The lowest BCUT2D eigenvalue weighted by Gasteiger charge is -2.01. The number of unbranched alkanes of at least 4 members (excludes halogenated alkanes) is 1. The summed E-state index contributed by atoms with van der Waals surface area (Å²) in [6.45, 7) is 2.77. The molecule has 0 aromatic carbocycles. The molecule has 0 spiro atoms. The summed E-state index contributed by atoms with van der Waals surface area (Å²) in [5, 5.41) is 2.92. The molecule has 0 bridgehead atoms. The Hall–Kier alpha value is 0.380. The fraction of sp³-hybridized carbons (Fsp3) is 0.500. The summed E-state index contributed by atoms with van der Waals surface area (Å²) >= 11 is 7.25. The Labute approximate surface area is 116 Å². The van der Waals surface area contributed by atoms with E-state index in [-0.39, 0.29) is 5.91 Å². The average Bonchev–Trinajstić information content (AvgIpc) is 2.54. The van der Waals surface area contributed by atoms with Gasteiger partial charge in [0.25, 0.3) is 5.91 Å². The number of halogens is 2. The van der Waals surface area contributed by atoms with E-state index in [1.54, 1.807) is 0 Å². The predicted molar refractivity (Wildman–Crippen MR) is 77.2 cm³/mol. The van der Waals surface area contributed by atoms with Crippen LogP contribution in [0.1, 0.15) is 28.1 Å². The summed E-state index contributed by atoms with van der Waals surface area (Å²) < 4.78 is 2.19. The van der Waals surface area contributed by atoms with E-state index in [4.69, 9.17) is 0 Å². The van der Waals surface area contributed by atoms with E-state index in [0.717, 1.165) is 38.0 Å². The molecule has 0 atom stereocenters. The van der Waals surface area contributed by atoms with Crippen LogP contribution < -0.4 is 5.32 Å². The minimum absolute atomic E-state index is 0.0438. The number of hydrogen-bond donors (Lipinski definition) is 1. The molecule has 0 aliphatic heterocycles. The first kappa shape index (κ1) is 13.4. The van der Waals surface area contributed by atoms with Crippen molar-refractivity contribution in [3.05, 3.63) is 20.3 Å². The van der Waals surface area contributed by atoms with Crippen molar-refractivity contribution in [1.29, 1.82) is 0 Å². The van der Waals surface area contributed by atoms with Crippen LogP contribution in [0, 0.1) is 6.92 Å². The van der Waals surface area contributed by atoms with Gasteiger partial charge in [-0.2, -0.15) is 0 Å². The van der Waals surface area contributed by atoms with Gasteiger partial charge in [-0.15, -0.1) is 11.3 Å². The van der Waals surface area contributed by atoms with E-state index in [1.165, 1.54) is 11.3 Å². The molecule has 1 N–H and O–H groups in total. The minimum Gasteiger partial charge on any atom is -0.351 e. The zero-order valence-corrected chi connectivity index (χ0v) is 13.0. The van der Waals surface area contributed by atoms with Crippen LogP contribution in [0.2, 0.25) is 0 Å². The number of rotatable bonds is 5. The first-order valence-electron chi connectivity index (χ1n) is 4.75. The van der Waals surface area contributed by atoms with Gasteiger partial charge in [0.2, 0.25) is 0 Å². The maximum Gasteiger partial charge on any atom is 0.261 e. The normalized spacial score (nSPS) is 10.3. The van der Waals surface area contributed by atoms with Crippen molar-refractivity contribution in [2.24, 2.45) is 0 Å². The molecule has 2 nitrogen and oxygen atoms in total. The van der Waals surface area contributed by atoms with Gasteiger partial charge >= 0.3 is 0 Å².